The van der Waals surface area contributed by atoms with Gasteiger partial charge in [0.1, 0.15) is 33.6 Å². The first-order valence-electron chi connectivity index (χ1n) is 13.8. The van der Waals surface area contributed by atoms with E-state index in [1.54, 1.807) is 0 Å². The Labute approximate surface area is 301 Å². The summed E-state index contributed by atoms with van der Waals surface area (Å²) in [6.07, 6.45) is 0. The Hall–Kier alpha value is -4.71. The Kier molecular flexibility index (Phi) is 11.9. The number of sulfone groups is 1. The van der Waals surface area contributed by atoms with Crippen LogP contribution < -0.4 is 10.1 Å². The number of azo groups is 2. The van der Waals surface area contributed by atoms with Gasteiger partial charge in [0, 0.05) is 16.8 Å². The molecule has 0 spiro atoms. The third-order valence-corrected chi connectivity index (χ3v) is 11.0. The van der Waals surface area contributed by atoms with E-state index in [-0.39, 0.29) is 38.5 Å². The minimum absolute atomic E-state index is 0.000275. The van der Waals surface area contributed by atoms with Gasteiger partial charge in [0.15, 0.2) is 15.6 Å². The van der Waals surface area contributed by atoms with Gasteiger partial charge in [-0.05, 0) is 54.6 Å². The summed E-state index contributed by atoms with van der Waals surface area (Å²) in [5.41, 5.74) is -1.55. The average molecular weight is 840 g/mol. The molecule has 0 amide bonds. The van der Waals surface area contributed by atoms with E-state index in [1.165, 1.54) is 12.1 Å². The third-order valence-electron chi connectivity index (χ3n) is 6.66. The van der Waals surface area contributed by atoms with E-state index in [0.717, 1.165) is 49.6 Å². The van der Waals surface area contributed by atoms with Gasteiger partial charge in [0.25, 0.3) is 30.4 Å². The van der Waals surface area contributed by atoms with Gasteiger partial charge < -0.3 is 15.2 Å². The second-order valence-electron chi connectivity index (χ2n) is 10.3. The van der Waals surface area contributed by atoms with Crippen LogP contribution in [0.3, 0.4) is 0 Å². The molecule has 286 valence electrons. The second-order valence-corrected chi connectivity index (χ2v) is 17.7. The smallest absolute Gasteiger partial charge is 0.397 e. The van der Waals surface area contributed by atoms with Crippen LogP contribution >= 0.6 is 0 Å². The van der Waals surface area contributed by atoms with E-state index in [0.29, 0.717) is 6.07 Å². The fourth-order valence-corrected chi connectivity index (χ4v) is 7.33. The van der Waals surface area contributed by atoms with Gasteiger partial charge in [0.2, 0.25) is 0 Å². The van der Waals surface area contributed by atoms with Crippen molar-refractivity contribution in [1.82, 2.24) is 0 Å². The summed E-state index contributed by atoms with van der Waals surface area (Å²) in [6, 6.07) is 10.2. The van der Waals surface area contributed by atoms with E-state index in [1.807, 2.05) is 0 Å². The van der Waals surface area contributed by atoms with Gasteiger partial charge in [-0.3, -0.25) is 18.2 Å². The lowest BCUT2D eigenvalue weighted by Gasteiger charge is -2.15. The molecular weight excluding hydrogens is 815 g/mol. The maximum absolute atomic E-state index is 12.6. The van der Waals surface area contributed by atoms with Crippen molar-refractivity contribution in [2.75, 3.05) is 30.7 Å². The van der Waals surface area contributed by atoms with Gasteiger partial charge in [-0.1, -0.05) is 0 Å². The van der Waals surface area contributed by atoms with Crippen molar-refractivity contribution in [2.45, 2.75) is 14.7 Å². The molecule has 0 bridgehead atoms. The van der Waals surface area contributed by atoms with Crippen LogP contribution in [-0.2, 0) is 54.8 Å². The number of phenolic OH excluding ortho intramolecular Hbond substituents is 1. The Morgan fingerprint density at radius 3 is 1.85 bits per heavy atom. The molecule has 27 heteroatoms. The molecule has 22 nitrogen and oxygen atoms in total. The number of fused-ring (bicyclic) bond motifs is 1. The molecule has 4 aromatic carbocycles. The van der Waals surface area contributed by atoms with Crippen LogP contribution in [0.1, 0.15) is 0 Å². The molecule has 4 rings (SSSR count). The highest BCUT2D eigenvalue weighted by Crippen LogP contribution is 2.47. The van der Waals surface area contributed by atoms with Crippen LogP contribution in [0.2, 0.25) is 0 Å². The summed E-state index contributed by atoms with van der Waals surface area (Å²) in [5, 5.41) is 28.0. The number of anilines is 1. The molecule has 0 aromatic heterocycles. The number of benzene rings is 4. The first-order chi connectivity index (χ1) is 24.4. The predicted octanol–water partition coefficient (Wildman–Crippen LogP) is 3.73. The molecule has 0 heterocycles. The number of hydrogen-bond acceptors (Lipinski definition) is 18. The number of ether oxygens (including phenoxy) is 1. The highest BCUT2D eigenvalue weighted by molar-refractivity contribution is 7.91. The van der Waals surface area contributed by atoms with E-state index in [9.17, 15) is 60.9 Å². The molecule has 6 N–H and O–H groups in total. The molecule has 0 radical (unpaired) electrons. The van der Waals surface area contributed by atoms with Gasteiger partial charge >= 0.3 is 10.4 Å². The molecule has 0 fully saturated rings. The van der Waals surface area contributed by atoms with Crippen LogP contribution in [0.15, 0.2) is 95.8 Å². The minimum atomic E-state index is -5.21. The zero-order chi connectivity index (χ0) is 39.6. The number of methoxy groups -OCH3 is 1. The van der Waals surface area contributed by atoms with Crippen molar-refractivity contribution >= 4 is 89.8 Å². The van der Waals surface area contributed by atoms with Crippen molar-refractivity contribution in [2.24, 2.45) is 20.5 Å². The SMILES string of the molecule is COc1c(/N=N/c2ccc(S(=O)(=O)O)cc2O)c(S(=O)(=O)O)cc2c(/N=N/c3ccc(S(=O)(=O)CCOS(=O)(=O)O)cc3)c(NCS(=O)(=O)O)ccc12. The largest absolute Gasteiger partial charge is 0.506 e. The lowest BCUT2D eigenvalue weighted by molar-refractivity contribution is 0.284. The van der Waals surface area contributed by atoms with Gasteiger partial charge in [0.05, 0.1) is 40.6 Å². The van der Waals surface area contributed by atoms with E-state index < -0.39 is 95.7 Å². The lowest BCUT2D eigenvalue weighted by Crippen LogP contribution is -2.15. The number of nitrogens with zero attached hydrogens (tertiary/aromatic N) is 4. The molecule has 0 saturated heterocycles. The monoisotopic (exact) mass is 839 g/mol. The molecule has 0 aliphatic rings. The normalized spacial score (nSPS) is 13.2. The Morgan fingerprint density at radius 1 is 0.679 bits per heavy atom. The fourth-order valence-electron chi connectivity index (χ4n) is 4.36. The molecule has 4 aromatic rings. The summed E-state index contributed by atoms with van der Waals surface area (Å²) in [4.78, 5) is -1.96. The first kappa shape index (κ1) is 41.1. The molecule has 53 heavy (non-hydrogen) atoms. The summed E-state index contributed by atoms with van der Waals surface area (Å²) in [6.45, 7) is -0.881. The number of nitrogens with one attached hydrogen (secondary N) is 1. The quantitative estimate of drug-likeness (QED) is 0.0733. The maximum Gasteiger partial charge on any atom is 0.397 e. The second kappa shape index (κ2) is 15.3. The van der Waals surface area contributed by atoms with Crippen LogP contribution in [0, 0.1) is 0 Å². The number of phenols is 1. The molecule has 0 unspecified atom stereocenters. The summed E-state index contributed by atoms with van der Waals surface area (Å²) in [5.74, 6) is -3.07. The third kappa shape index (κ3) is 10.7. The zero-order valence-corrected chi connectivity index (χ0v) is 30.4. The fraction of sp³-hybridized carbons (Fsp3) is 0.154. The molecule has 0 saturated carbocycles. The predicted molar refractivity (Wildman–Crippen MR) is 183 cm³/mol. The molecule has 0 atom stereocenters. The van der Waals surface area contributed by atoms with Crippen LogP contribution in [0.5, 0.6) is 11.5 Å². The lowest BCUT2D eigenvalue weighted by atomic mass is 10.0. The van der Waals surface area contributed by atoms with Crippen molar-refractivity contribution in [3.8, 4) is 11.5 Å². The van der Waals surface area contributed by atoms with E-state index >= 15 is 0 Å². The maximum atomic E-state index is 12.6. The Balaban J connectivity index is 1.87. The number of rotatable bonds is 15. The standard InChI is InChI=1S/C26H25N5O17S5/c1-47-26-18-7-9-21(27-14-50(35,36)37)24(30-28-15-2-4-16(5-3-15)49(33,34)11-10-48-53(44,45)46)19(18)13-23(52(41,42)43)25(26)31-29-20-8-6-17(12-22(20)32)51(38,39)40/h2-9,12-13,27,32H,10-11,14H2,1H3,(H,35,36,37)(H,38,39,40)(H,41,42,43)(H,44,45,46)/b30-28+,31-29+. The van der Waals surface area contributed by atoms with Crippen molar-refractivity contribution in [3.05, 3.63) is 60.7 Å². The number of hydrogen-bond donors (Lipinski definition) is 6. The zero-order valence-electron chi connectivity index (χ0n) is 26.4. The summed E-state index contributed by atoms with van der Waals surface area (Å²) < 4.78 is 164. The first-order valence-corrected chi connectivity index (χ1v) is 21.3. The summed E-state index contributed by atoms with van der Waals surface area (Å²) in [7, 11) is -22.5. The van der Waals surface area contributed by atoms with Crippen molar-refractivity contribution < 1.29 is 74.3 Å². The van der Waals surface area contributed by atoms with E-state index in [4.69, 9.17) is 9.29 Å². The minimum Gasteiger partial charge on any atom is -0.506 e. The highest BCUT2D eigenvalue weighted by Gasteiger charge is 2.26. The highest BCUT2D eigenvalue weighted by atomic mass is 32.3. The summed E-state index contributed by atoms with van der Waals surface area (Å²) >= 11 is 0. The van der Waals surface area contributed by atoms with E-state index in [2.05, 4.69) is 30.0 Å². The Bertz CT molecular complexity index is 2700. The molecular formula is C26H25N5O17S5. The molecule has 0 aliphatic heterocycles. The van der Waals surface area contributed by atoms with Gasteiger partial charge in [-0.25, -0.2) is 12.6 Å². The average Bonchev–Trinajstić information content (AvgIpc) is 3.03. The molecule has 0 aliphatic carbocycles. The number of aromatic hydroxyl groups is 1. The van der Waals surface area contributed by atoms with Gasteiger partial charge in [-0.2, -0.15) is 38.8 Å². The van der Waals surface area contributed by atoms with Gasteiger partial charge in [-0.15, -0.1) is 15.3 Å². The topological polar surface area (TPSA) is 352 Å². The Morgan fingerprint density at radius 2 is 1.30 bits per heavy atom. The van der Waals surface area contributed by atoms with Crippen LogP contribution in [-0.4, -0.2) is 90.8 Å². The van der Waals surface area contributed by atoms with Crippen LogP contribution in [0.4, 0.5) is 28.4 Å². The van der Waals surface area contributed by atoms with Crippen molar-refractivity contribution in [1.29, 1.82) is 0 Å². The van der Waals surface area contributed by atoms with Crippen LogP contribution in [0.25, 0.3) is 10.8 Å². The van der Waals surface area contributed by atoms with Crippen molar-refractivity contribution in [3.63, 3.8) is 0 Å².